The van der Waals surface area contributed by atoms with Crippen LogP contribution in [0.15, 0.2) is 42.5 Å². The largest absolute Gasteiger partial charge is 0.497 e. The van der Waals surface area contributed by atoms with Gasteiger partial charge in [-0.05, 0) is 12.1 Å². The lowest BCUT2D eigenvalue weighted by atomic mass is 10.2. The molecule has 1 aliphatic rings. The number of hydrogen-bond donors (Lipinski definition) is 1. The van der Waals surface area contributed by atoms with Crippen molar-refractivity contribution in [2.45, 2.75) is 6.42 Å². The predicted molar refractivity (Wildman–Crippen MR) is 97.1 cm³/mol. The number of nitrogens with one attached hydrogen (secondary N) is 1. The van der Waals surface area contributed by atoms with Gasteiger partial charge in [0.05, 0.1) is 19.9 Å². The van der Waals surface area contributed by atoms with Gasteiger partial charge in [-0.25, -0.2) is 0 Å². The fraction of sp³-hybridized carbons (Fsp3) is 0.263. The lowest BCUT2D eigenvalue weighted by Crippen LogP contribution is -2.40. The standard InChI is InChI=1S/C19H20N2O5/c1-24-14-9-13(10-15(11-14)25-2)20-18(22)7-8-21-16-5-3-4-6-17(16)26-12-19(21)23/h3-6,9-11H,7-8,12H2,1-2H3,(H,20,22). The molecular formula is C19H20N2O5. The molecular weight excluding hydrogens is 336 g/mol. The summed E-state index contributed by atoms with van der Waals surface area (Å²) in [4.78, 5) is 26.0. The van der Waals surface area contributed by atoms with Crippen molar-refractivity contribution < 1.29 is 23.8 Å². The van der Waals surface area contributed by atoms with Crippen LogP contribution in [0, 0.1) is 0 Å². The molecule has 0 bridgehead atoms. The molecule has 0 saturated carbocycles. The van der Waals surface area contributed by atoms with E-state index in [1.54, 1.807) is 49.5 Å². The first kappa shape index (κ1) is 17.6. The SMILES string of the molecule is COc1cc(NC(=O)CCN2C(=O)COc3ccccc32)cc(OC)c1. The molecule has 1 N–H and O–H groups in total. The lowest BCUT2D eigenvalue weighted by Gasteiger charge is -2.29. The molecule has 0 atom stereocenters. The number of carbonyl (C=O) groups excluding carboxylic acids is 2. The van der Waals surface area contributed by atoms with Crippen LogP contribution in [0.4, 0.5) is 11.4 Å². The maximum atomic E-state index is 12.3. The van der Waals surface area contributed by atoms with E-state index < -0.39 is 0 Å². The van der Waals surface area contributed by atoms with E-state index in [4.69, 9.17) is 14.2 Å². The molecule has 0 unspecified atom stereocenters. The quantitative estimate of drug-likeness (QED) is 0.860. The minimum Gasteiger partial charge on any atom is -0.497 e. The molecule has 0 fully saturated rings. The molecule has 136 valence electrons. The Balaban J connectivity index is 1.65. The van der Waals surface area contributed by atoms with Crippen LogP contribution in [0.25, 0.3) is 0 Å². The number of benzene rings is 2. The number of rotatable bonds is 6. The molecule has 0 saturated heterocycles. The van der Waals surface area contributed by atoms with Gasteiger partial charge in [0.2, 0.25) is 5.91 Å². The fourth-order valence-electron chi connectivity index (χ4n) is 2.72. The Kier molecular flexibility index (Phi) is 5.26. The smallest absolute Gasteiger partial charge is 0.265 e. The summed E-state index contributed by atoms with van der Waals surface area (Å²) < 4.78 is 15.8. The monoisotopic (exact) mass is 356 g/mol. The molecule has 0 aliphatic carbocycles. The maximum absolute atomic E-state index is 12.3. The Morgan fingerprint density at radius 2 is 1.85 bits per heavy atom. The van der Waals surface area contributed by atoms with Crippen LogP contribution in [0.1, 0.15) is 6.42 Å². The second-order valence-electron chi connectivity index (χ2n) is 5.70. The number of carbonyl (C=O) groups is 2. The molecule has 3 rings (SSSR count). The van der Waals surface area contributed by atoms with Gasteiger partial charge in [0.15, 0.2) is 6.61 Å². The topological polar surface area (TPSA) is 77.1 Å². The van der Waals surface area contributed by atoms with Crippen LogP contribution in [-0.2, 0) is 9.59 Å². The van der Waals surface area contributed by atoms with E-state index in [0.717, 1.165) is 0 Å². The number of para-hydroxylation sites is 2. The normalized spacial score (nSPS) is 12.8. The Morgan fingerprint density at radius 3 is 2.54 bits per heavy atom. The molecule has 7 heteroatoms. The van der Waals surface area contributed by atoms with E-state index in [-0.39, 0.29) is 31.4 Å². The van der Waals surface area contributed by atoms with Crippen LogP contribution in [-0.4, -0.2) is 39.2 Å². The van der Waals surface area contributed by atoms with Crippen molar-refractivity contribution in [3.05, 3.63) is 42.5 Å². The number of nitrogens with zero attached hydrogens (tertiary/aromatic N) is 1. The van der Waals surface area contributed by atoms with Crippen molar-refractivity contribution in [1.29, 1.82) is 0 Å². The summed E-state index contributed by atoms with van der Waals surface area (Å²) in [7, 11) is 3.09. The van der Waals surface area contributed by atoms with Crippen molar-refractivity contribution in [2.24, 2.45) is 0 Å². The lowest BCUT2D eigenvalue weighted by molar-refractivity contribution is -0.121. The molecule has 7 nitrogen and oxygen atoms in total. The molecule has 0 spiro atoms. The minimum absolute atomic E-state index is 0.0221. The molecule has 26 heavy (non-hydrogen) atoms. The Hall–Kier alpha value is -3.22. The predicted octanol–water partition coefficient (Wildman–Crippen LogP) is 2.46. The summed E-state index contributed by atoms with van der Waals surface area (Å²) in [6.45, 7) is 0.248. The summed E-state index contributed by atoms with van der Waals surface area (Å²) in [6, 6.07) is 12.4. The zero-order chi connectivity index (χ0) is 18.5. The summed E-state index contributed by atoms with van der Waals surface area (Å²) in [5, 5.41) is 2.80. The van der Waals surface area contributed by atoms with Gasteiger partial charge < -0.3 is 24.4 Å². The van der Waals surface area contributed by atoms with Gasteiger partial charge in [-0.1, -0.05) is 12.1 Å². The van der Waals surface area contributed by atoms with E-state index in [9.17, 15) is 9.59 Å². The van der Waals surface area contributed by atoms with Gasteiger partial charge in [-0.2, -0.15) is 0 Å². The van der Waals surface area contributed by atoms with Crippen molar-refractivity contribution in [3.63, 3.8) is 0 Å². The minimum atomic E-state index is -0.211. The fourth-order valence-corrected chi connectivity index (χ4v) is 2.72. The third-order valence-electron chi connectivity index (χ3n) is 4.01. The van der Waals surface area contributed by atoms with Gasteiger partial charge in [-0.3, -0.25) is 9.59 Å². The van der Waals surface area contributed by atoms with Gasteiger partial charge in [0, 0.05) is 36.9 Å². The average molecular weight is 356 g/mol. The maximum Gasteiger partial charge on any atom is 0.265 e. The van der Waals surface area contributed by atoms with E-state index in [1.807, 2.05) is 12.1 Å². The highest BCUT2D eigenvalue weighted by molar-refractivity contribution is 5.99. The number of anilines is 2. The van der Waals surface area contributed by atoms with E-state index in [1.165, 1.54) is 0 Å². The van der Waals surface area contributed by atoms with Crippen molar-refractivity contribution in [2.75, 3.05) is 37.6 Å². The highest BCUT2D eigenvalue weighted by Gasteiger charge is 2.25. The zero-order valence-electron chi connectivity index (χ0n) is 14.7. The first-order valence-corrected chi connectivity index (χ1v) is 8.16. The van der Waals surface area contributed by atoms with Crippen LogP contribution in [0.3, 0.4) is 0 Å². The second-order valence-corrected chi connectivity index (χ2v) is 5.70. The number of methoxy groups -OCH3 is 2. The van der Waals surface area contributed by atoms with Gasteiger partial charge in [-0.15, -0.1) is 0 Å². The Bertz CT molecular complexity index is 799. The van der Waals surface area contributed by atoms with Gasteiger partial charge in [0.1, 0.15) is 17.2 Å². The highest BCUT2D eigenvalue weighted by atomic mass is 16.5. The summed E-state index contributed by atoms with van der Waals surface area (Å²) in [5.41, 5.74) is 1.25. The molecule has 0 aromatic heterocycles. The number of amides is 2. The molecule has 1 aliphatic heterocycles. The number of fused-ring (bicyclic) bond motifs is 1. The molecule has 2 aromatic rings. The third kappa shape index (κ3) is 3.88. The van der Waals surface area contributed by atoms with Crippen molar-refractivity contribution in [3.8, 4) is 17.2 Å². The molecule has 1 heterocycles. The zero-order valence-corrected chi connectivity index (χ0v) is 14.7. The number of ether oxygens (including phenoxy) is 3. The van der Waals surface area contributed by atoms with Crippen LogP contribution in [0.2, 0.25) is 0 Å². The number of hydrogen-bond acceptors (Lipinski definition) is 5. The first-order chi connectivity index (χ1) is 12.6. The van der Waals surface area contributed by atoms with Crippen molar-refractivity contribution >= 4 is 23.2 Å². The van der Waals surface area contributed by atoms with E-state index in [2.05, 4.69) is 5.32 Å². The first-order valence-electron chi connectivity index (χ1n) is 8.16. The molecule has 2 amide bonds. The summed E-state index contributed by atoms with van der Waals surface area (Å²) in [6.07, 6.45) is 0.152. The van der Waals surface area contributed by atoms with Crippen LogP contribution >= 0.6 is 0 Å². The van der Waals surface area contributed by atoms with Crippen LogP contribution < -0.4 is 24.4 Å². The van der Waals surface area contributed by atoms with Crippen molar-refractivity contribution in [1.82, 2.24) is 0 Å². The third-order valence-corrected chi connectivity index (χ3v) is 4.01. The van der Waals surface area contributed by atoms with Gasteiger partial charge >= 0.3 is 0 Å². The molecule has 2 aromatic carbocycles. The Morgan fingerprint density at radius 1 is 1.15 bits per heavy atom. The summed E-state index contributed by atoms with van der Waals surface area (Å²) in [5.74, 6) is 1.43. The Labute approximate surface area is 151 Å². The molecule has 0 radical (unpaired) electrons. The summed E-state index contributed by atoms with van der Waals surface area (Å²) >= 11 is 0. The highest BCUT2D eigenvalue weighted by Crippen LogP contribution is 2.31. The van der Waals surface area contributed by atoms with E-state index in [0.29, 0.717) is 28.6 Å². The second kappa shape index (κ2) is 7.77. The van der Waals surface area contributed by atoms with Crippen LogP contribution in [0.5, 0.6) is 17.2 Å². The van der Waals surface area contributed by atoms with Gasteiger partial charge in [0.25, 0.3) is 5.91 Å². The van der Waals surface area contributed by atoms with E-state index >= 15 is 0 Å². The average Bonchev–Trinajstić information content (AvgIpc) is 2.66.